The zero-order valence-electron chi connectivity index (χ0n) is 11.6. The van der Waals surface area contributed by atoms with Crippen LogP contribution in [-0.4, -0.2) is 42.7 Å². The molecule has 1 aromatic heterocycles. The summed E-state index contributed by atoms with van der Waals surface area (Å²) in [5.74, 6) is 1.20. The van der Waals surface area contributed by atoms with E-state index >= 15 is 0 Å². The molecule has 0 N–H and O–H groups in total. The molecule has 3 rings (SSSR count). The Kier molecular flexibility index (Phi) is 3.33. The molecule has 20 heavy (non-hydrogen) atoms. The van der Waals surface area contributed by atoms with Crippen molar-refractivity contribution in [1.82, 2.24) is 9.19 Å². The minimum absolute atomic E-state index is 0.0701. The average Bonchev–Trinajstić information content (AvgIpc) is 2.94. The molecule has 5 nitrogen and oxygen atoms in total. The Bertz CT molecular complexity index is 672. The summed E-state index contributed by atoms with van der Waals surface area (Å²) in [4.78, 5) is 0.739. The number of nitrogens with zero attached hydrogens (tertiary/aromatic N) is 2. The van der Waals surface area contributed by atoms with E-state index < -0.39 is 15.9 Å². The third-order valence-corrected chi connectivity index (χ3v) is 7.80. The third-order valence-electron chi connectivity index (χ3n) is 3.44. The Labute approximate surface area is 126 Å². The summed E-state index contributed by atoms with van der Waals surface area (Å²) < 4.78 is 28.3. The van der Waals surface area contributed by atoms with Crippen molar-refractivity contribution in [2.45, 2.75) is 23.5 Å². The van der Waals surface area contributed by atoms with Crippen LogP contribution in [0.2, 0.25) is 0 Å². The number of benzene rings is 1. The predicted octanol–water partition coefficient (Wildman–Crippen LogP) is 1.57. The second kappa shape index (κ2) is 4.77. The van der Waals surface area contributed by atoms with Gasteiger partial charge >= 0.3 is 126 Å². The van der Waals surface area contributed by atoms with E-state index in [4.69, 9.17) is 9.47 Å². The van der Waals surface area contributed by atoms with Gasteiger partial charge in [0.25, 0.3) is 0 Å². The molecule has 0 amide bonds. The summed E-state index contributed by atoms with van der Waals surface area (Å²) in [5.41, 5.74) is 1.70. The number of rotatable bonds is 2. The van der Waals surface area contributed by atoms with Crippen LogP contribution in [0.15, 0.2) is 17.0 Å². The topological polar surface area (TPSA) is 67.3 Å². The molecule has 0 bridgehead atoms. The van der Waals surface area contributed by atoms with Crippen molar-refractivity contribution in [2.24, 2.45) is 0 Å². The van der Waals surface area contributed by atoms with Gasteiger partial charge in [0.1, 0.15) is 0 Å². The van der Waals surface area contributed by atoms with E-state index in [2.05, 4.69) is 9.19 Å². The summed E-state index contributed by atoms with van der Waals surface area (Å²) >= 11 is -1.23. The van der Waals surface area contributed by atoms with Crippen LogP contribution in [-0.2, 0) is 15.9 Å². The van der Waals surface area contributed by atoms with Crippen molar-refractivity contribution in [2.75, 3.05) is 14.2 Å². The van der Waals surface area contributed by atoms with Crippen molar-refractivity contribution in [3.63, 3.8) is 0 Å². The first-order valence-electron chi connectivity index (χ1n) is 6.01. The maximum absolute atomic E-state index is 12.9. The summed E-state index contributed by atoms with van der Waals surface area (Å²) in [7, 11) is 3.16. The molecule has 1 aromatic carbocycles. The van der Waals surface area contributed by atoms with E-state index in [0.717, 1.165) is 20.6 Å². The minimum atomic E-state index is -1.16. The standard InChI is InChI=1S/C13H14N2O3SSe/c1-13(2)12-11(14-15-20-12)7-5-8(17-3)9(18-4)6-10(7)19(13)16/h5-6H,1-4H3. The van der Waals surface area contributed by atoms with Gasteiger partial charge in [-0.1, -0.05) is 0 Å². The molecule has 106 valence electrons. The third kappa shape index (κ3) is 1.81. The van der Waals surface area contributed by atoms with E-state index in [1.807, 2.05) is 19.9 Å². The Hall–Kier alpha value is -1.01. The number of ether oxygens (including phenoxy) is 2. The molecular formula is C13H14N2O3SSe. The molecule has 1 aliphatic rings. The molecule has 0 saturated carbocycles. The Balaban J connectivity index is 2.31. The van der Waals surface area contributed by atoms with Crippen molar-refractivity contribution >= 4 is 25.9 Å². The van der Waals surface area contributed by atoms with Gasteiger partial charge in [-0.2, -0.15) is 0 Å². The zero-order chi connectivity index (χ0) is 14.5. The van der Waals surface area contributed by atoms with E-state index in [1.165, 1.54) is 0 Å². The van der Waals surface area contributed by atoms with Gasteiger partial charge in [-0.15, -0.1) is 0 Å². The molecule has 0 radical (unpaired) electrons. The molecule has 0 fully saturated rings. The van der Waals surface area contributed by atoms with Crippen LogP contribution >= 0.6 is 0 Å². The molecule has 2 heterocycles. The first-order chi connectivity index (χ1) is 9.50. The Morgan fingerprint density at radius 2 is 1.85 bits per heavy atom. The normalized spacial score (nSPS) is 19.1. The quantitative estimate of drug-likeness (QED) is 0.603. The zero-order valence-corrected chi connectivity index (χ0v) is 14.1. The van der Waals surface area contributed by atoms with E-state index in [9.17, 15) is 4.55 Å². The van der Waals surface area contributed by atoms with Crippen molar-refractivity contribution in [3.05, 3.63) is 16.6 Å². The predicted molar refractivity (Wildman–Crippen MR) is 76.9 cm³/mol. The molecule has 1 unspecified atom stereocenters. The van der Waals surface area contributed by atoms with Crippen LogP contribution in [0.25, 0.3) is 11.3 Å². The summed E-state index contributed by atoms with van der Waals surface area (Å²) in [5, 5.41) is 4.26. The van der Waals surface area contributed by atoms with Crippen LogP contribution in [0.5, 0.6) is 11.5 Å². The number of hydrogen-bond donors (Lipinski definition) is 0. The molecule has 0 aliphatic carbocycles. The fourth-order valence-corrected chi connectivity index (χ4v) is 5.76. The Morgan fingerprint density at radius 3 is 2.50 bits per heavy atom. The molecule has 1 aliphatic heterocycles. The number of aromatic nitrogens is 2. The first-order valence-corrected chi connectivity index (χ1v) is 8.79. The van der Waals surface area contributed by atoms with Crippen LogP contribution < -0.4 is 9.47 Å². The van der Waals surface area contributed by atoms with Crippen molar-refractivity contribution < 1.29 is 14.0 Å². The molecule has 0 spiro atoms. The average molecular weight is 357 g/mol. The summed E-state index contributed by atoms with van der Waals surface area (Å²) in [6.45, 7) is 3.96. The second-order valence-electron chi connectivity index (χ2n) is 4.93. The SMILES string of the molecule is COc1cc2c(cc1OC)[S+]([O-])C(C)(C)c1[se]nnc1-2. The van der Waals surface area contributed by atoms with E-state index in [0.29, 0.717) is 11.5 Å². The van der Waals surface area contributed by atoms with Crippen molar-refractivity contribution in [3.8, 4) is 22.8 Å². The number of fused-ring (bicyclic) bond motifs is 3. The molecule has 1 atom stereocenters. The van der Waals surface area contributed by atoms with Gasteiger partial charge in [0.15, 0.2) is 0 Å². The Morgan fingerprint density at radius 1 is 1.20 bits per heavy atom. The molecule has 2 aromatic rings. The summed E-state index contributed by atoms with van der Waals surface area (Å²) in [6, 6.07) is 3.63. The van der Waals surface area contributed by atoms with Gasteiger partial charge in [-0.25, -0.2) is 0 Å². The monoisotopic (exact) mass is 358 g/mol. The maximum atomic E-state index is 12.9. The van der Waals surface area contributed by atoms with Gasteiger partial charge in [-0.3, -0.25) is 0 Å². The molecule has 7 heteroatoms. The summed E-state index contributed by atoms with van der Waals surface area (Å²) in [6.07, 6.45) is 0. The molecular weight excluding hydrogens is 343 g/mol. The second-order valence-corrected chi connectivity index (χ2v) is 8.51. The fourth-order valence-electron chi connectivity index (χ4n) is 2.32. The van der Waals surface area contributed by atoms with Gasteiger partial charge in [0.05, 0.1) is 0 Å². The van der Waals surface area contributed by atoms with Crippen molar-refractivity contribution in [1.29, 1.82) is 0 Å². The van der Waals surface area contributed by atoms with Gasteiger partial charge in [0.2, 0.25) is 0 Å². The first kappa shape index (κ1) is 13.9. The van der Waals surface area contributed by atoms with E-state index in [-0.39, 0.29) is 14.7 Å². The van der Waals surface area contributed by atoms with Crippen LogP contribution in [0.4, 0.5) is 0 Å². The van der Waals surface area contributed by atoms with Crippen LogP contribution in [0.1, 0.15) is 18.3 Å². The number of methoxy groups -OCH3 is 2. The fraction of sp³-hybridized carbons (Fsp3) is 0.385. The van der Waals surface area contributed by atoms with Crippen LogP contribution in [0, 0.1) is 0 Å². The van der Waals surface area contributed by atoms with Crippen LogP contribution in [0.3, 0.4) is 0 Å². The number of hydrogen-bond acceptors (Lipinski definition) is 5. The van der Waals surface area contributed by atoms with Gasteiger partial charge in [-0.05, 0) is 0 Å². The molecule has 0 saturated heterocycles. The van der Waals surface area contributed by atoms with E-state index in [1.54, 1.807) is 20.3 Å². The van der Waals surface area contributed by atoms with Gasteiger partial charge in [0, 0.05) is 0 Å². The van der Waals surface area contributed by atoms with Gasteiger partial charge < -0.3 is 0 Å².